The zero-order valence-electron chi connectivity index (χ0n) is 9.91. The highest BCUT2D eigenvalue weighted by Gasteiger charge is 2.32. The summed E-state index contributed by atoms with van der Waals surface area (Å²) in [5.41, 5.74) is 0. The van der Waals surface area contributed by atoms with E-state index in [1.54, 1.807) is 14.0 Å². The lowest BCUT2D eigenvalue weighted by Crippen LogP contribution is -2.48. The zero-order valence-corrected chi connectivity index (χ0v) is 9.91. The lowest BCUT2D eigenvalue weighted by Gasteiger charge is -2.30. The highest BCUT2D eigenvalue weighted by Crippen LogP contribution is 2.25. The molecule has 0 radical (unpaired) electrons. The van der Waals surface area contributed by atoms with Gasteiger partial charge >= 0.3 is 12.0 Å². The normalized spacial score (nSPS) is 24.6. The number of hydrogen-bond donors (Lipinski definition) is 2. The van der Waals surface area contributed by atoms with E-state index in [0.29, 0.717) is 6.61 Å². The minimum absolute atomic E-state index is 0.0900. The molecule has 5 nitrogen and oxygen atoms in total. The smallest absolute Gasteiger partial charge is 0.314 e. The SMILES string of the molecule is CCOC(=O)[C@H]1CCCC[C@H]1NC(=O)NC. The van der Waals surface area contributed by atoms with Gasteiger partial charge in [0.15, 0.2) is 0 Å². The summed E-state index contributed by atoms with van der Waals surface area (Å²) >= 11 is 0. The van der Waals surface area contributed by atoms with Gasteiger partial charge in [-0.05, 0) is 19.8 Å². The van der Waals surface area contributed by atoms with Crippen molar-refractivity contribution in [2.24, 2.45) is 5.92 Å². The molecule has 2 N–H and O–H groups in total. The van der Waals surface area contributed by atoms with Crippen molar-refractivity contribution in [1.29, 1.82) is 0 Å². The number of hydrogen-bond acceptors (Lipinski definition) is 3. The third-order valence-corrected chi connectivity index (χ3v) is 2.90. The molecule has 2 atom stereocenters. The summed E-state index contributed by atoms with van der Waals surface area (Å²) in [7, 11) is 1.57. The maximum absolute atomic E-state index is 11.7. The van der Waals surface area contributed by atoms with Crippen LogP contribution in [0.5, 0.6) is 0 Å². The summed E-state index contributed by atoms with van der Waals surface area (Å²) < 4.78 is 5.02. The van der Waals surface area contributed by atoms with Crippen molar-refractivity contribution in [3.63, 3.8) is 0 Å². The topological polar surface area (TPSA) is 67.4 Å². The van der Waals surface area contributed by atoms with Crippen LogP contribution in [0.25, 0.3) is 0 Å². The lowest BCUT2D eigenvalue weighted by molar-refractivity contribution is -0.149. The first-order chi connectivity index (χ1) is 7.69. The van der Waals surface area contributed by atoms with Gasteiger partial charge in [-0.2, -0.15) is 0 Å². The Morgan fingerprint density at radius 2 is 2.00 bits per heavy atom. The van der Waals surface area contributed by atoms with Crippen molar-refractivity contribution in [1.82, 2.24) is 10.6 Å². The molecule has 1 fully saturated rings. The maximum Gasteiger partial charge on any atom is 0.314 e. The zero-order chi connectivity index (χ0) is 12.0. The summed E-state index contributed by atoms with van der Waals surface area (Å²) in [6, 6.07) is -0.325. The molecule has 0 aromatic rings. The van der Waals surface area contributed by atoms with Crippen LogP contribution in [0.15, 0.2) is 0 Å². The molecule has 5 heteroatoms. The molecule has 0 unspecified atom stereocenters. The van der Waals surface area contributed by atoms with E-state index in [4.69, 9.17) is 4.74 Å². The van der Waals surface area contributed by atoms with E-state index in [2.05, 4.69) is 10.6 Å². The van der Waals surface area contributed by atoms with E-state index in [-0.39, 0.29) is 24.0 Å². The van der Waals surface area contributed by atoms with E-state index in [1.165, 1.54) is 0 Å². The molecule has 92 valence electrons. The first kappa shape index (κ1) is 12.8. The van der Waals surface area contributed by atoms with Gasteiger partial charge in [-0.3, -0.25) is 4.79 Å². The number of urea groups is 1. The fraction of sp³-hybridized carbons (Fsp3) is 0.818. The quantitative estimate of drug-likeness (QED) is 0.709. The van der Waals surface area contributed by atoms with Crippen LogP contribution < -0.4 is 10.6 Å². The Hall–Kier alpha value is -1.26. The van der Waals surface area contributed by atoms with Crippen LogP contribution in [0.1, 0.15) is 32.6 Å². The maximum atomic E-state index is 11.7. The highest BCUT2D eigenvalue weighted by molar-refractivity contribution is 5.77. The monoisotopic (exact) mass is 228 g/mol. The van der Waals surface area contributed by atoms with Crippen LogP contribution in [0.4, 0.5) is 4.79 Å². The molecule has 16 heavy (non-hydrogen) atoms. The van der Waals surface area contributed by atoms with E-state index in [0.717, 1.165) is 25.7 Å². The van der Waals surface area contributed by atoms with Crippen LogP contribution in [-0.2, 0) is 9.53 Å². The number of esters is 1. The average Bonchev–Trinajstić information content (AvgIpc) is 2.30. The second kappa shape index (κ2) is 6.35. The average molecular weight is 228 g/mol. The predicted octanol–water partition coefficient (Wildman–Crippen LogP) is 1.04. The van der Waals surface area contributed by atoms with E-state index < -0.39 is 0 Å². The van der Waals surface area contributed by atoms with Crippen LogP contribution in [0.2, 0.25) is 0 Å². The Bertz CT molecular complexity index is 256. The van der Waals surface area contributed by atoms with E-state index in [9.17, 15) is 9.59 Å². The standard InChI is InChI=1S/C11H20N2O3/c1-3-16-10(14)8-6-4-5-7-9(8)13-11(15)12-2/h8-9H,3-7H2,1-2H3,(H2,12,13,15)/t8-,9+/m0/s1. The van der Waals surface area contributed by atoms with Crippen LogP contribution >= 0.6 is 0 Å². The lowest BCUT2D eigenvalue weighted by atomic mass is 9.84. The van der Waals surface area contributed by atoms with Gasteiger partial charge in [-0.15, -0.1) is 0 Å². The molecule has 0 saturated heterocycles. The number of nitrogens with one attached hydrogen (secondary N) is 2. The van der Waals surface area contributed by atoms with Crippen molar-refractivity contribution in [3.05, 3.63) is 0 Å². The van der Waals surface area contributed by atoms with Gasteiger partial charge in [0.05, 0.1) is 12.5 Å². The van der Waals surface area contributed by atoms with Crippen LogP contribution in [0.3, 0.4) is 0 Å². The molecule has 0 aromatic heterocycles. The van der Waals surface area contributed by atoms with Crippen molar-refractivity contribution < 1.29 is 14.3 Å². The molecular formula is C11H20N2O3. The summed E-state index contributed by atoms with van der Waals surface area (Å²) in [6.07, 6.45) is 3.71. The van der Waals surface area contributed by atoms with E-state index >= 15 is 0 Å². The fourth-order valence-electron chi connectivity index (χ4n) is 2.08. The van der Waals surface area contributed by atoms with Gasteiger partial charge in [0.2, 0.25) is 0 Å². The van der Waals surface area contributed by atoms with Crippen LogP contribution in [0, 0.1) is 5.92 Å². The van der Waals surface area contributed by atoms with Gasteiger partial charge in [0.25, 0.3) is 0 Å². The minimum Gasteiger partial charge on any atom is -0.466 e. The predicted molar refractivity (Wildman–Crippen MR) is 60.0 cm³/mol. The summed E-state index contributed by atoms with van der Waals surface area (Å²) in [6.45, 7) is 2.18. The molecule has 1 rings (SSSR count). The molecule has 0 spiro atoms. The summed E-state index contributed by atoms with van der Waals surface area (Å²) in [5, 5.41) is 5.31. The van der Waals surface area contributed by atoms with Gasteiger partial charge in [0.1, 0.15) is 0 Å². The van der Waals surface area contributed by atoms with Crippen molar-refractivity contribution >= 4 is 12.0 Å². The highest BCUT2D eigenvalue weighted by atomic mass is 16.5. The van der Waals surface area contributed by atoms with Crippen molar-refractivity contribution in [2.45, 2.75) is 38.6 Å². The first-order valence-electron chi connectivity index (χ1n) is 5.84. The molecule has 1 saturated carbocycles. The van der Waals surface area contributed by atoms with Crippen molar-refractivity contribution in [2.75, 3.05) is 13.7 Å². The first-order valence-corrected chi connectivity index (χ1v) is 5.84. The van der Waals surface area contributed by atoms with Gasteiger partial charge in [-0.25, -0.2) is 4.79 Å². The van der Waals surface area contributed by atoms with Gasteiger partial charge in [-0.1, -0.05) is 12.8 Å². The third kappa shape index (κ3) is 3.40. The number of amides is 2. The molecule has 0 aromatic carbocycles. The Balaban J connectivity index is 2.56. The third-order valence-electron chi connectivity index (χ3n) is 2.90. The Morgan fingerprint density at radius 1 is 1.31 bits per heavy atom. The molecule has 2 amide bonds. The number of carbonyl (C=O) groups is 2. The van der Waals surface area contributed by atoms with Gasteiger partial charge < -0.3 is 15.4 Å². The molecule has 1 aliphatic rings. The number of carbonyl (C=O) groups excluding carboxylic acids is 2. The molecular weight excluding hydrogens is 208 g/mol. The minimum atomic E-state index is -0.235. The van der Waals surface area contributed by atoms with Crippen LogP contribution in [-0.4, -0.2) is 31.7 Å². The number of ether oxygens (including phenoxy) is 1. The van der Waals surface area contributed by atoms with Gasteiger partial charge in [0, 0.05) is 13.1 Å². The molecule has 1 aliphatic carbocycles. The summed E-state index contributed by atoms with van der Waals surface area (Å²) in [5.74, 6) is -0.380. The fourth-order valence-corrected chi connectivity index (χ4v) is 2.08. The molecule has 0 aliphatic heterocycles. The van der Waals surface area contributed by atoms with E-state index in [1.807, 2.05) is 0 Å². The molecule has 0 bridgehead atoms. The molecule has 0 heterocycles. The Kier molecular flexibility index (Phi) is 5.08. The Labute approximate surface area is 95.9 Å². The Morgan fingerprint density at radius 3 is 2.62 bits per heavy atom. The summed E-state index contributed by atoms with van der Waals surface area (Å²) in [4.78, 5) is 22.9. The van der Waals surface area contributed by atoms with Crippen molar-refractivity contribution in [3.8, 4) is 0 Å². The second-order valence-corrected chi connectivity index (χ2v) is 3.97. The second-order valence-electron chi connectivity index (χ2n) is 3.97. The largest absolute Gasteiger partial charge is 0.466 e. The number of rotatable bonds is 3.